The van der Waals surface area contributed by atoms with Gasteiger partial charge in [0.05, 0.1) is 6.61 Å². The number of rotatable bonds is 10. The Morgan fingerprint density at radius 1 is 1.07 bits per heavy atom. The molecule has 29 heavy (non-hydrogen) atoms. The molecule has 0 bridgehead atoms. The number of halogens is 1. The lowest BCUT2D eigenvalue weighted by Gasteiger charge is -2.14. The van der Waals surface area contributed by atoms with Gasteiger partial charge in [-0.3, -0.25) is 4.99 Å². The predicted molar refractivity (Wildman–Crippen MR) is 133 cm³/mol. The van der Waals surface area contributed by atoms with Crippen LogP contribution in [0.1, 0.15) is 12.0 Å². The van der Waals surface area contributed by atoms with E-state index >= 15 is 0 Å². The maximum absolute atomic E-state index is 5.75. The number of guanidine groups is 1. The van der Waals surface area contributed by atoms with E-state index in [1.54, 1.807) is 14.2 Å². The second-order valence-corrected chi connectivity index (χ2v) is 6.66. The lowest BCUT2D eigenvalue weighted by molar-refractivity contribution is 0.172. The van der Waals surface area contributed by atoms with E-state index in [2.05, 4.69) is 44.8 Å². The van der Waals surface area contributed by atoms with Gasteiger partial charge in [-0.2, -0.15) is 0 Å². The number of aliphatic imine (C=N–C) groups is 1. The average Bonchev–Trinajstić information content (AvgIpc) is 2.71. The van der Waals surface area contributed by atoms with Crippen LogP contribution in [0.3, 0.4) is 0 Å². The fraction of sp³-hybridized carbons (Fsp3) is 0.409. The number of nitrogens with zero attached hydrogens (tertiary/aromatic N) is 2. The summed E-state index contributed by atoms with van der Waals surface area (Å²) in [5.74, 6) is 1.57. The molecule has 0 heterocycles. The largest absolute Gasteiger partial charge is 0.493 e. The lowest BCUT2D eigenvalue weighted by Crippen LogP contribution is -2.32. The summed E-state index contributed by atoms with van der Waals surface area (Å²) >= 11 is 0. The Balaban J connectivity index is 0.00000420. The van der Waals surface area contributed by atoms with Crippen molar-refractivity contribution in [3.05, 3.63) is 54.1 Å². The molecule has 2 aromatic carbocycles. The molecule has 0 amide bonds. The van der Waals surface area contributed by atoms with Gasteiger partial charge in [0.1, 0.15) is 5.75 Å². The normalized spacial score (nSPS) is 10.8. The Labute approximate surface area is 191 Å². The van der Waals surface area contributed by atoms with Crippen LogP contribution in [0.2, 0.25) is 0 Å². The minimum absolute atomic E-state index is 0. The molecule has 6 nitrogen and oxygen atoms in total. The van der Waals surface area contributed by atoms with Crippen molar-refractivity contribution in [3.63, 3.8) is 0 Å². The molecule has 7 heteroatoms. The third-order valence-corrected chi connectivity index (χ3v) is 4.24. The summed E-state index contributed by atoms with van der Waals surface area (Å²) in [5, 5.41) is 6.66. The van der Waals surface area contributed by atoms with E-state index in [9.17, 15) is 0 Å². The van der Waals surface area contributed by atoms with Crippen molar-refractivity contribution in [2.24, 2.45) is 4.99 Å². The second kappa shape index (κ2) is 14.1. The van der Waals surface area contributed by atoms with Gasteiger partial charge in [0.25, 0.3) is 0 Å². The van der Waals surface area contributed by atoms with Crippen LogP contribution in [0.4, 0.5) is 11.4 Å². The number of benzene rings is 2. The number of hydrogen-bond acceptors (Lipinski definition) is 4. The molecule has 2 aromatic rings. The smallest absolute Gasteiger partial charge is 0.195 e. The maximum Gasteiger partial charge on any atom is 0.195 e. The monoisotopic (exact) mass is 512 g/mol. The van der Waals surface area contributed by atoms with Crippen LogP contribution in [-0.4, -0.2) is 54.0 Å². The second-order valence-electron chi connectivity index (χ2n) is 6.66. The molecule has 2 rings (SSSR count). The molecule has 0 saturated heterocycles. The molecule has 0 spiro atoms. The zero-order chi connectivity index (χ0) is 20.2. The fourth-order valence-corrected chi connectivity index (χ4v) is 2.66. The van der Waals surface area contributed by atoms with Crippen molar-refractivity contribution in [3.8, 4) is 5.75 Å². The van der Waals surface area contributed by atoms with Crippen LogP contribution in [-0.2, 0) is 11.2 Å². The minimum atomic E-state index is 0. The van der Waals surface area contributed by atoms with E-state index < -0.39 is 0 Å². The Bertz CT molecular complexity index is 736. The quantitative estimate of drug-likeness (QED) is 0.218. The van der Waals surface area contributed by atoms with Crippen LogP contribution in [0.5, 0.6) is 5.75 Å². The zero-order valence-corrected chi connectivity index (χ0v) is 20.1. The minimum Gasteiger partial charge on any atom is -0.493 e. The average molecular weight is 512 g/mol. The molecule has 0 aliphatic rings. The molecule has 0 aromatic heterocycles. The van der Waals surface area contributed by atoms with Crippen LogP contribution < -0.4 is 20.3 Å². The predicted octanol–water partition coefficient (Wildman–Crippen LogP) is 4.02. The number of ether oxygens (including phenoxy) is 2. The third kappa shape index (κ3) is 9.36. The van der Waals surface area contributed by atoms with Gasteiger partial charge in [0, 0.05) is 65.3 Å². The summed E-state index contributed by atoms with van der Waals surface area (Å²) in [6, 6.07) is 16.5. The van der Waals surface area contributed by atoms with E-state index in [1.807, 2.05) is 38.4 Å². The summed E-state index contributed by atoms with van der Waals surface area (Å²) in [5.41, 5.74) is 3.44. The summed E-state index contributed by atoms with van der Waals surface area (Å²) in [6.07, 6.45) is 1.80. The van der Waals surface area contributed by atoms with Crippen LogP contribution in [0, 0.1) is 0 Å². The Morgan fingerprint density at radius 3 is 2.48 bits per heavy atom. The first kappa shape index (κ1) is 25.0. The van der Waals surface area contributed by atoms with Crippen molar-refractivity contribution in [2.75, 3.05) is 58.2 Å². The first-order chi connectivity index (χ1) is 13.6. The maximum atomic E-state index is 5.75. The van der Waals surface area contributed by atoms with Crippen molar-refractivity contribution < 1.29 is 9.47 Å². The van der Waals surface area contributed by atoms with Crippen molar-refractivity contribution in [2.45, 2.75) is 12.8 Å². The fourth-order valence-electron chi connectivity index (χ4n) is 2.66. The number of hydrogen-bond donors (Lipinski definition) is 2. The van der Waals surface area contributed by atoms with E-state index in [0.717, 1.165) is 36.8 Å². The summed E-state index contributed by atoms with van der Waals surface area (Å²) in [6.45, 7) is 2.14. The highest BCUT2D eigenvalue weighted by molar-refractivity contribution is 14.0. The van der Waals surface area contributed by atoms with E-state index in [1.165, 1.54) is 11.3 Å². The van der Waals surface area contributed by atoms with Crippen LogP contribution in [0.15, 0.2) is 53.5 Å². The van der Waals surface area contributed by atoms with Gasteiger partial charge < -0.3 is 25.0 Å². The molecular weight excluding hydrogens is 479 g/mol. The SMILES string of the molecule is CN=C(NCCc1ccc(N(C)C)cc1)Nc1cccc(OCCCOC)c1.I. The molecule has 0 saturated carbocycles. The number of anilines is 2. The standard InChI is InChI=1S/C22H32N4O2.HI/c1-23-22(24-14-13-18-9-11-20(12-10-18)26(2)3)25-19-7-5-8-21(17-19)28-16-6-15-27-4;/h5,7-12,17H,6,13-16H2,1-4H3,(H2,23,24,25);1H. The summed E-state index contributed by atoms with van der Waals surface area (Å²) < 4.78 is 10.8. The molecule has 0 atom stereocenters. The lowest BCUT2D eigenvalue weighted by atomic mass is 10.1. The van der Waals surface area contributed by atoms with Crippen molar-refractivity contribution in [1.82, 2.24) is 5.32 Å². The van der Waals surface area contributed by atoms with Crippen molar-refractivity contribution >= 4 is 41.3 Å². The van der Waals surface area contributed by atoms with Gasteiger partial charge in [-0.05, 0) is 36.2 Å². The van der Waals surface area contributed by atoms with Gasteiger partial charge in [-0.25, -0.2) is 0 Å². The topological polar surface area (TPSA) is 58.1 Å². The molecule has 0 unspecified atom stereocenters. The zero-order valence-electron chi connectivity index (χ0n) is 17.8. The first-order valence-electron chi connectivity index (χ1n) is 9.58. The van der Waals surface area contributed by atoms with Gasteiger partial charge in [-0.15, -0.1) is 24.0 Å². The van der Waals surface area contributed by atoms with Crippen molar-refractivity contribution in [1.29, 1.82) is 0 Å². The van der Waals surface area contributed by atoms with Gasteiger partial charge in [0.15, 0.2) is 5.96 Å². The Hall–Kier alpha value is -2.00. The van der Waals surface area contributed by atoms with Gasteiger partial charge in [-0.1, -0.05) is 18.2 Å². The van der Waals surface area contributed by atoms with Crippen LogP contribution in [0.25, 0.3) is 0 Å². The van der Waals surface area contributed by atoms with E-state index in [0.29, 0.717) is 13.2 Å². The highest BCUT2D eigenvalue weighted by Crippen LogP contribution is 2.17. The Kier molecular flexibility index (Phi) is 12.1. The number of nitrogens with one attached hydrogen (secondary N) is 2. The molecule has 160 valence electrons. The Morgan fingerprint density at radius 2 is 1.83 bits per heavy atom. The highest BCUT2D eigenvalue weighted by atomic mass is 127. The summed E-state index contributed by atoms with van der Waals surface area (Å²) in [4.78, 5) is 6.40. The molecule has 0 aliphatic heterocycles. The molecule has 2 N–H and O–H groups in total. The molecule has 0 aliphatic carbocycles. The molecule has 0 radical (unpaired) electrons. The van der Waals surface area contributed by atoms with Gasteiger partial charge >= 0.3 is 0 Å². The third-order valence-electron chi connectivity index (χ3n) is 4.24. The number of methoxy groups -OCH3 is 1. The van der Waals surface area contributed by atoms with E-state index in [4.69, 9.17) is 9.47 Å². The first-order valence-corrected chi connectivity index (χ1v) is 9.58. The highest BCUT2D eigenvalue weighted by Gasteiger charge is 2.02. The van der Waals surface area contributed by atoms with Gasteiger partial charge in [0.2, 0.25) is 0 Å². The molecule has 0 fully saturated rings. The van der Waals surface area contributed by atoms with E-state index in [-0.39, 0.29) is 24.0 Å². The summed E-state index contributed by atoms with van der Waals surface area (Å²) in [7, 11) is 7.56. The van der Waals surface area contributed by atoms with Crippen LogP contribution >= 0.6 is 24.0 Å². The molecular formula is C22H33IN4O2.